The second-order valence-electron chi connectivity index (χ2n) is 6.64. The van der Waals surface area contributed by atoms with Gasteiger partial charge < -0.3 is 20.7 Å². The van der Waals surface area contributed by atoms with E-state index in [-0.39, 0.29) is 12.1 Å². The van der Waals surface area contributed by atoms with E-state index < -0.39 is 6.09 Å². The fourth-order valence-electron chi connectivity index (χ4n) is 3.43. The van der Waals surface area contributed by atoms with Crippen molar-refractivity contribution in [1.29, 1.82) is 0 Å². The first-order valence-corrected chi connectivity index (χ1v) is 9.10. The van der Waals surface area contributed by atoms with Crippen molar-refractivity contribution >= 4 is 34.4 Å². The van der Waals surface area contributed by atoms with E-state index in [0.29, 0.717) is 23.1 Å². The lowest BCUT2D eigenvalue weighted by Crippen LogP contribution is -2.40. The molecule has 2 heterocycles. The van der Waals surface area contributed by atoms with Crippen molar-refractivity contribution in [3.63, 3.8) is 0 Å². The fraction of sp³-hybridized carbons (Fsp3) is 0.250. The normalized spacial score (nSPS) is 15.4. The maximum absolute atomic E-state index is 12.4. The van der Waals surface area contributed by atoms with Crippen LogP contribution in [-0.4, -0.2) is 41.6 Å². The van der Waals surface area contributed by atoms with Crippen molar-refractivity contribution in [3.05, 3.63) is 54.2 Å². The molecule has 0 bridgehead atoms. The summed E-state index contributed by atoms with van der Waals surface area (Å²) < 4.78 is 5.86. The molecule has 4 rings (SSSR count). The number of aryl methyl sites for hydroxylation is 1. The van der Waals surface area contributed by atoms with Crippen molar-refractivity contribution < 1.29 is 14.3 Å². The van der Waals surface area contributed by atoms with Gasteiger partial charge in [0.1, 0.15) is 0 Å². The first kappa shape index (κ1) is 17.8. The third-order valence-electron chi connectivity index (χ3n) is 4.86. The van der Waals surface area contributed by atoms with E-state index in [9.17, 15) is 9.59 Å². The van der Waals surface area contributed by atoms with Crippen molar-refractivity contribution in [2.75, 3.05) is 24.3 Å². The number of ether oxygens (including phenoxy) is 1. The van der Waals surface area contributed by atoms with Gasteiger partial charge in [-0.25, -0.2) is 9.59 Å². The van der Waals surface area contributed by atoms with Gasteiger partial charge in [-0.1, -0.05) is 24.3 Å². The number of aromatic nitrogens is 2. The van der Waals surface area contributed by atoms with Crippen LogP contribution in [0.3, 0.4) is 0 Å². The highest BCUT2D eigenvalue weighted by Gasteiger charge is 2.18. The summed E-state index contributed by atoms with van der Waals surface area (Å²) in [6, 6.07) is 13.3. The summed E-state index contributed by atoms with van der Waals surface area (Å²) in [6.45, 7) is 0.511. The molecular formula is C20H21N5O3. The van der Waals surface area contributed by atoms with Crippen LogP contribution < -0.4 is 16.0 Å². The molecule has 0 radical (unpaired) electrons. The number of fused-ring (bicyclic) bond motifs is 2. The highest BCUT2D eigenvalue weighted by molar-refractivity contribution is 6.02. The van der Waals surface area contributed by atoms with Crippen LogP contribution in [0.1, 0.15) is 12.0 Å². The number of anilines is 2. The van der Waals surface area contributed by atoms with Crippen LogP contribution in [0.25, 0.3) is 10.9 Å². The monoisotopic (exact) mass is 379 g/mol. The van der Waals surface area contributed by atoms with E-state index in [1.807, 2.05) is 12.1 Å². The van der Waals surface area contributed by atoms with E-state index in [1.54, 1.807) is 18.2 Å². The predicted octanol–water partition coefficient (Wildman–Crippen LogP) is 3.20. The van der Waals surface area contributed by atoms with E-state index in [0.717, 1.165) is 23.2 Å². The molecule has 2 amide bonds. The first-order chi connectivity index (χ1) is 13.7. The lowest BCUT2D eigenvalue weighted by atomic mass is 9.98. The van der Waals surface area contributed by atoms with Crippen LogP contribution in [0, 0.1) is 0 Å². The molecule has 3 N–H and O–H groups in total. The summed E-state index contributed by atoms with van der Waals surface area (Å²) >= 11 is 0. The van der Waals surface area contributed by atoms with Gasteiger partial charge in [-0.05, 0) is 36.6 Å². The molecule has 8 heteroatoms. The van der Waals surface area contributed by atoms with Crippen molar-refractivity contribution in [2.24, 2.45) is 0 Å². The molecule has 2 aromatic carbocycles. The van der Waals surface area contributed by atoms with Crippen molar-refractivity contribution in [2.45, 2.75) is 18.9 Å². The number of amides is 2. The summed E-state index contributed by atoms with van der Waals surface area (Å²) in [5.74, 6) is 0. The lowest BCUT2D eigenvalue weighted by Gasteiger charge is -2.27. The summed E-state index contributed by atoms with van der Waals surface area (Å²) in [5.41, 5.74) is 3.57. The van der Waals surface area contributed by atoms with Crippen LogP contribution in [0.5, 0.6) is 0 Å². The molecule has 144 valence electrons. The molecule has 0 fully saturated rings. The third kappa shape index (κ3) is 3.48. The molecule has 1 aromatic heterocycles. The number of para-hydroxylation sites is 1. The molecule has 1 atom stereocenters. The summed E-state index contributed by atoms with van der Waals surface area (Å²) in [4.78, 5) is 24.1. The smallest absolute Gasteiger partial charge is 0.434 e. The van der Waals surface area contributed by atoms with Crippen LogP contribution in [-0.2, 0) is 11.2 Å². The van der Waals surface area contributed by atoms with Crippen molar-refractivity contribution in [3.8, 4) is 0 Å². The Morgan fingerprint density at radius 3 is 2.96 bits per heavy atom. The molecule has 0 saturated heterocycles. The molecule has 8 nitrogen and oxygen atoms in total. The fourth-order valence-corrected chi connectivity index (χ4v) is 3.43. The number of urea groups is 1. The SMILES string of the molecule is COC(=O)n1ncc2c(NC(=O)NCC3CCc4ccccc4N3)cccc21. The minimum atomic E-state index is -0.583. The zero-order chi connectivity index (χ0) is 19.5. The summed E-state index contributed by atoms with van der Waals surface area (Å²) in [5, 5.41) is 13.9. The lowest BCUT2D eigenvalue weighted by molar-refractivity contribution is 0.170. The molecule has 0 saturated carbocycles. The van der Waals surface area contributed by atoms with Gasteiger partial charge in [-0.15, -0.1) is 0 Å². The molecule has 0 aliphatic carbocycles. The molecule has 0 spiro atoms. The number of methoxy groups -OCH3 is 1. The molecule has 3 aromatic rings. The van der Waals surface area contributed by atoms with Gasteiger partial charge in [-0.3, -0.25) is 0 Å². The number of benzene rings is 2. The third-order valence-corrected chi connectivity index (χ3v) is 4.86. The minimum Gasteiger partial charge on any atom is -0.451 e. The Morgan fingerprint density at radius 2 is 2.11 bits per heavy atom. The number of hydrogen-bond acceptors (Lipinski definition) is 5. The first-order valence-electron chi connectivity index (χ1n) is 9.10. The van der Waals surface area contributed by atoms with Gasteiger partial charge in [0.25, 0.3) is 0 Å². The van der Waals surface area contributed by atoms with E-state index in [4.69, 9.17) is 4.74 Å². The quantitative estimate of drug-likeness (QED) is 0.649. The van der Waals surface area contributed by atoms with Crippen LogP contribution in [0.2, 0.25) is 0 Å². The largest absolute Gasteiger partial charge is 0.451 e. The van der Waals surface area contributed by atoms with Gasteiger partial charge >= 0.3 is 12.1 Å². The maximum atomic E-state index is 12.4. The average molecular weight is 379 g/mol. The van der Waals surface area contributed by atoms with Gasteiger partial charge in [0.15, 0.2) is 0 Å². The van der Waals surface area contributed by atoms with Crippen LogP contribution >= 0.6 is 0 Å². The highest BCUT2D eigenvalue weighted by Crippen LogP contribution is 2.25. The Balaban J connectivity index is 1.39. The van der Waals surface area contributed by atoms with Crippen molar-refractivity contribution in [1.82, 2.24) is 15.1 Å². The number of carbonyl (C=O) groups excluding carboxylic acids is 2. The summed E-state index contributed by atoms with van der Waals surface area (Å²) in [6.07, 6.45) is 2.89. The molecular weight excluding hydrogens is 358 g/mol. The van der Waals surface area contributed by atoms with E-state index in [2.05, 4.69) is 33.2 Å². The highest BCUT2D eigenvalue weighted by atomic mass is 16.5. The molecule has 1 unspecified atom stereocenters. The molecule has 1 aliphatic rings. The minimum absolute atomic E-state index is 0.179. The Labute approximate surface area is 161 Å². The standard InChI is InChI=1S/C20H21N5O3/c1-28-20(27)25-18-8-4-7-17(15(18)12-22-25)24-19(26)21-11-14-10-9-13-5-2-3-6-16(13)23-14/h2-8,12,14,23H,9-11H2,1H3,(H2,21,24,26). The Morgan fingerprint density at radius 1 is 1.25 bits per heavy atom. The molecule has 28 heavy (non-hydrogen) atoms. The second-order valence-corrected chi connectivity index (χ2v) is 6.64. The van der Waals surface area contributed by atoms with Gasteiger partial charge in [0, 0.05) is 23.7 Å². The van der Waals surface area contributed by atoms with Crippen LogP contribution in [0.4, 0.5) is 21.0 Å². The van der Waals surface area contributed by atoms with Gasteiger partial charge in [-0.2, -0.15) is 9.78 Å². The van der Waals surface area contributed by atoms with Gasteiger partial charge in [0.05, 0.1) is 24.5 Å². The number of nitrogens with zero attached hydrogens (tertiary/aromatic N) is 2. The predicted molar refractivity (Wildman–Crippen MR) is 107 cm³/mol. The Kier molecular flexibility index (Phi) is 4.84. The van der Waals surface area contributed by atoms with E-state index in [1.165, 1.54) is 18.9 Å². The number of nitrogens with one attached hydrogen (secondary N) is 3. The number of rotatable bonds is 3. The Bertz CT molecular complexity index is 1030. The maximum Gasteiger partial charge on any atom is 0.434 e. The Hall–Kier alpha value is -3.55. The second kappa shape index (κ2) is 7.59. The summed E-state index contributed by atoms with van der Waals surface area (Å²) in [7, 11) is 1.29. The number of carbonyl (C=O) groups is 2. The van der Waals surface area contributed by atoms with Gasteiger partial charge in [0.2, 0.25) is 0 Å². The molecule has 1 aliphatic heterocycles. The number of hydrogen-bond donors (Lipinski definition) is 3. The zero-order valence-corrected chi connectivity index (χ0v) is 15.4. The van der Waals surface area contributed by atoms with Crippen LogP contribution in [0.15, 0.2) is 48.7 Å². The topological polar surface area (TPSA) is 97.3 Å². The zero-order valence-electron chi connectivity index (χ0n) is 15.4. The van der Waals surface area contributed by atoms with E-state index >= 15 is 0 Å². The average Bonchev–Trinajstić information content (AvgIpc) is 3.17.